The molecule has 0 fully saturated rings. The Morgan fingerprint density at radius 2 is 2.24 bits per heavy atom. The van der Waals surface area contributed by atoms with Crippen molar-refractivity contribution in [3.05, 3.63) is 39.0 Å². The van der Waals surface area contributed by atoms with Gasteiger partial charge in [-0.05, 0) is 34.5 Å². The Kier molecular flexibility index (Phi) is 4.97. The maximum absolute atomic E-state index is 13.3. The van der Waals surface area contributed by atoms with Gasteiger partial charge in [-0.2, -0.15) is 0 Å². The summed E-state index contributed by atoms with van der Waals surface area (Å²) >= 11 is 4.42. The minimum atomic E-state index is -3.84. The van der Waals surface area contributed by atoms with E-state index >= 15 is 0 Å². The van der Waals surface area contributed by atoms with E-state index in [1.165, 1.54) is 11.3 Å². The van der Waals surface area contributed by atoms with E-state index in [1.54, 1.807) is 11.6 Å². The van der Waals surface area contributed by atoms with Crippen molar-refractivity contribution in [1.82, 2.24) is 9.71 Å². The number of sulfonamides is 1. The molecule has 1 unspecified atom stereocenters. The maximum Gasteiger partial charge on any atom is 0.242 e. The van der Waals surface area contributed by atoms with Crippen LogP contribution in [0.4, 0.5) is 10.1 Å². The van der Waals surface area contributed by atoms with Crippen LogP contribution in [-0.4, -0.2) is 13.4 Å². The molecule has 2 aromatic rings. The molecule has 1 heterocycles. The molecule has 0 spiro atoms. The van der Waals surface area contributed by atoms with Gasteiger partial charge in [0.2, 0.25) is 10.0 Å². The lowest BCUT2D eigenvalue weighted by Crippen LogP contribution is -2.28. The standard InChI is InChI=1S/C12H13BrFN3O2S2/c1-2-10(12-16-3-4-20-12)17-21(18,19)11-6-9(15)8(14)5-7(11)13/h3-6,10,17H,2,15H2,1H3. The number of benzene rings is 1. The van der Waals surface area contributed by atoms with Crippen LogP contribution in [-0.2, 0) is 10.0 Å². The molecule has 0 aliphatic heterocycles. The number of aromatic nitrogens is 1. The van der Waals surface area contributed by atoms with Crippen LogP contribution in [0.3, 0.4) is 0 Å². The smallest absolute Gasteiger partial charge is 0.242 e. The zero-order valence-corrected chi connectivity index (χ0v) is 14.2. The summed E-state index contributed by atoms with van der Waals surface area (Å²) in [6.45, 7) is 1.85. The van der Waals surface area contributed by atoms with Crippen molar-refractivity contribution in [3.8, 4) is 0 Å². The fourth-order valence-corrected chi connectivity index (χ4v) is 4.90. The Labute approximate surface area is 134 Å². The lowest BCUT2D eigenvalue weighted by atomic mass is 10.3. The predicted octanol–water partition coefficient (Wildman–Crippen LogP) is 3.06. The molecule has 114 valence electrons. The van der Waals surface area contributed by atoms with E-state index in [2.05, 4.69) is 25.6 Å². The van der Waals surface area contributed by atoms with Gasteiger partial charge < -0.3 is 5.73 Å². The van der Waals surface area contributed by atoms with Crippen LogP contribution in [0.15, 0.2) is 33.1 Å². The van der Waals surface area contributed by atoms with Crippen molar-refractivity contribution in [2.45, 2.75) is 24.3 Å². The third-order valence-electron chi connectivity index (χ3n) is 2.80. The third kappa shape index (κ3) is 3.60. The monoisotopic (exact) mass is 393 g/mol. The second kappa shape index (κ2) is 6.39. The summed E-state index contributed by atoms with van der Waals surface area (Å²) in [5, 5.41) is 2.45. The number of anilines is 1. The highest BCUT2D eigenvalue weighted by atomic mass is 79.9. The largest absolute Gasteiger partial charge is 0.396 e. The first-order chi connectivity index (χ1) is 9.85. The van der Waals surface area contributed by atoms with Gasteiger partial charge in [-0.1, -0.05) is 6.92 Å². The summed E-state index contributed by atoms with van der Waals surface area (Å²) in [5.74, 6) is -0.673. The lowest BCUT2D eigenvalue weighted by molar-refractivity contribution is 0.548. The molecule has 0 radical (unpaired) electrons. The van der Waals surface area contributed by atoms with Crippen LogP contribution in [0.25, 0.3) is 0 Å². The summed E-state index contributed by atoms with van der Waals surface area (Å²) in [6.07, 6.45) is 2.16. The van der Waals surface area contributed by atoms with E-state index in [0.29, 0.717) is 11.4 Å². The number of nitrogens with zero attached hydrogens (tertiary/aromatic N) is 1. The Bertz CT molecular complexity index is 735. The van der Waals surface area contributed by atoms with Crippen molar-refractivity contribution in [3.63, 3.8) is 0 Å². The van der Waals surface area contributed by atoms with Gasteiger partial charge >= 0.3 is 0 Å². The van der Waals surface area contributed by atoms with Crippen LogP contribution in [0.2, 0.25) is 0 Å². The second-order valence-electron chi connectivity index (χ2n) is 4.26. The first-order valence-corrected chi connectivity index (χ1v) is 9.17. The van der Waals surface area contributed by atoms with E-state index in [4.69, 9.17) is 5.73 Å². The number of nitrogens with one attached hydrogen (secondary N) is 1. The Balaban J connectivity index is 2.36. The van der Waals surface area contributed by atoms with Crippen molar-refractivity contribution in [2.24, 2.45) is 0 Å². The molecule has 0 bridgehead atoms. The normalized spacial score (nSPS) is 13.3. The average molecular weight is 394 g/mol. The van der Waals surface area contributed by atoms with Crippen LogP contribution in [0, 0.1) is 5.82 Å². The predicted molar refractivity (Wildman–Crippen MR) is 84.0 cm³/mol. The van der Waals surface area contributed by atoms with Crippen LogP contribution < -0.4 is 10.5 Å². The van der Waals surface area contributed by atoms with E-state index in [1.807, 2.05) is 6.92 Å². The van der Waals surface area contributed by atoms with Gasteiger partial charge in [0.05, 0.1) is 16.6 Å². The summed E-state index contributed by atoms with van der Waals surface area (Å²) in [7, 11) is -3.84. The molecule has 9 heteroatoms. The molecule has 0 aliphatic rings. The first kappa shape index (κ1) is 16.3. The second-order valence-corrected chi connectivity index (χ2v) is 7.72. The van der Waals surface area contributed by atoms with Gasteiger partial charge in [-0.15, -0.1) is 11.3 Å². The highest BCUT2D eigenvalue weighted by Crippen LogP contribution is 2.29. The highest BCUT2D eigenvalue weighted by molar-refractivity contribution is 9.10. The van der Waals surface area contributed by atoms with E-state index in [0.717, 1.165) is 12.1 Å². The molecule has 21 heavy (non-hydrogen) atoms. The van der Waals surface area contributed by atoms with Crippen LogP contribution >= 0.6 is 27.3 Å². The molecule has 1 aromatic carbocycles. The minimum Gasteiger partial charge on any atom is -0.396 e. The Morgan fingerprint density at radius 3 is 2.81 bits per heavy atom. The molecule has 2 rings (SSSR count). The van der Waals surface area contributed by atoms with Crippen molar-refractivity contribution >= 4 is 43.0 Å². The summed E-state index contributed by atoms with van der Waals surface area (Å²) in [5.41, 5.74) is 5.22. The number of nitrogens with two attached hydrogens (primary N) is 1. The zero-order valence-electron chi connectivity index (χ0n) is 11.0. The Hall–Kier alpha value is -1.03. The number of hydrogen-bond donors (Lipinski definition) is 2. The molecule has 5 nitrogen and oxygen atoms in total. The first-order valence-electron chi connectivity index (χ1n) is 6.01. The molecule has 0 saturated heterocycles. The molecule has 3 N–H and O–H groups in total. The van der Waals surface area contributed by atoms with E-state index in [-0.39, 0.29) is 15.1 Å². The molecule has 0 amide bonds. The number of hydrogen-bond acceptors (Lipinski definition) is 5. The fourth-order valence-electron chi connectivity index (χ4n) is 1.72. The van der Waals surface area contributed by atoms with Gasteiger partial charge in [-0.3, -0.25) is 0 Å². The zero-order chi connectivity index (χ0) is 15.6. The van der Waals surface area contributed by atoms with Crippen molar-refractivity contribution < 1.29 is 12.8 Å². The highest BCUT2D eigenvalue weighted by Gasteiger charge is 2.24. The topological polar surface area (TPSA) is 85.1 Å². The molecule has 1 atom stereocenters. The van der Waals surface area contributed by atoms with Crippen molar-refractivity contribution in [2.75, 3.05) is 5.73 Å². The fraction of sp³-hybridized carbons (Fsp3) is 0.250. The number of halogens is 2. The van der Waals surface area contributed by atoms with Gasteiger partial charge in [0.1, 0.15) is 10.8 Å². The molecule has 0 saturated carbocycles. The van der Waals surface area contributed by atoms with Crippen LogP contribution in [0.5, 0.6) is 0 Å². The number of thiazole rings is 1. The van der Waals surface area contributed by atoms with Gasteiger partial charge in [0.25, 0.3) is 0 Å². The van der Waals surface area contributed by atoms with Crippen molar-refractivity contribution in [1.29, 1.82) is 0 Å². The molecule has 1 aromatic heterocycles. The van der Waals surface area contributed by atoms with Gasteiger partial charge in [0, 0.05) is 16.0 Å². The molecular weight excluding hydrogens is 381 g/mol. The number of nitrogen functional groups attached to an aromatic ring is 1. The number of rotatable bonds is 5. The SMILES string of the molecule is CCC(NS(=O)(=O)c1cc(N)c(F)cc1Br)c1nccs1. The average Bonchev–Trinajstić information content (AvgIpc) is 2.94. The maximum atomic E-state index is 13.3. The molecular formula is C12H13BrFN3O2S2. The summed E-state index contributed by atoms with van der Waals surface area (Å²) in [6, 6.07) is 1.69. The minimum absolute atomic E-state index is 0.101. The third-order valence-corrected chi connectivity index (χ3v) is 6.12. The Morgan fingerprint density at radius 1 is 1.52 bits per heavy atom. The van der Waals surface area contributed by atoms with E-state index in [9.17, 15) is 12.8 Å². The molecule has 0 aliphatic carbocycles. The lowest BCUT2D eigenvalue weighted by Gasteiger charge is -2.16. The van der Waals surface area contributed by atoms with E-state index < -0.39 is 21.9 Å². The van der Waals surface area contributed by atoms with Crippen LogP contribution in [0.1, 0.15) is 24.4 Å². The summed E-state index contributed by atoms with van der Waals surface area (Å²) in [4.78, 5) is 4.01. The van der Waals surface area contributed by atoms with Gasteiger partial charge in [-0.25, -0.2) is 22.5 Å². The van der Waals surface area contributed by atoms with Gasteiger partial charge in [0.15, 0.2) is 0 Å². The summed E-state index contributed by atoms with van der Waals surface area (Å²) < 4.78 is 40.9. The quantitative estimate of drug-likeness (QED) is 0.764.